The van der Waals surface area contributed by atoms with Gasteiger partial charge >= 0.3 is 0 Å². The first-order valence-electron chi connectivity index (χ1n) is 11.9. The van der Waals surface area contributed by atoms with Gasteiger partial charge in [-0.05, 0) is 56.4 Å². The summed E-state index contributed by atoms with van der Waals surface area (Å²) in [5.41, 5.74) is 4.92. The van der Waals surface area contributed by atoms with Gasteiger partial charge in [-0.2, -0.15) is 0 Å². The smallest absolute Gasteiger partial charge is 0.255 e. The van der Waals surface area contributed by atoms with E-state index in [0.29, 0.717) is 42.6 Å². The third kappa shape index (κ3) is 5.99. The molecule has 1 amide bonds. The third-order valence-electron chi connectivity index (χ3n) is 6.44. The number of ether oxygens (including phenoxy) is 2. The Morgan fingerprint density at radius 3 is 2.43 bits per heavy atom. The Morgan fingerprint density at radius 1 is 1.09 bits per heavy atom. The first kappa shape index (κ1) is 26.6. The second-order valence-corrected chi connectivity index (χ2v) is 9.66. The first-order chi connectivity index (χ1) is 16.7. The van der Waals surface area contributed by atoms with Gasteiger partial charge < -0.3 is 18.9 Å². The molecule has 0 spiro atoms. The van der Waals surface area contributed by atoms with Crippen molar-refractivity contribution in [3.63, 3.8) is 0 Å². The summed E-state index contributed by atoms with van der Waals surface area (Å²) in [4.78, 5) is 20.5. The fourth-order valence-electron chi connectivity index (χ4n) is 4.07. The highest BCUT2D eigenvalue weighted by Crippen LogP contribution is 2.38. The van der Waals surface area contributed by atoms with Crippen LogP contribution in [-0.2, 0) is 13.1 Å². The van der Waals surface area contributed by atoms with Gasteiger partial charge in [0.25, 0.3) is 5.91 Å². The van der Waals surface area contributed by atoms with Gasteiger partial charge in [0.15, 0.2) is 11.5 Å². The van der Waals surface area contributed by atoms with Crippen molar-refractivity contribution in [2.75, 3.05) is 20.8 Å². The summed E-state index contributed by atoms with van der Waals surface area (Å²) in [6.07, 6.45) is 0.868. The molecular formula is C28H36ClN3O3. The van der Waals surface area contributed by atoms with Gasteiger partial charge in [-0.25, -0.2) is 4.98 Å². The Bertz CT molecular complexity index is 1190. The van der Waals surface area contributed by atoms with Crippen LogP contribution in [0.15, 0.2) is 36.4 Å². The molecule has 0 N–H and O–H groups in total. The molecule has 0 aliphatic heterocycles. The van der Waals surface area contributed by atoms with Crippen molar-refractivity contribution in [3.8, 4) is 11.5 Å². The van der Waals surface area contributed by atoms with Crippen LogP contribution in [0.5, 0.6) is 11.5 Å². The van der Waals surface area contributed by atoms with Crippen molar-refractivity contribution < 1.29 is 14.3 Å². The Balaban J connectivity index is 1.99. The number of halogens is 1. The topological polar surface area (TPSA) is 56.6 Å². The molecule has 1 heterocycles. The maximum absolute atomic E-state index is 13.8. The third-order valence-corrected chi connectivity index (χ3v) is 6.81. The van der Waals surface area contributed by atoms with Crippen LogP contribution in [-0.4, -0.2) is 41.1 Å². The van der Waals surface area contributed by atoms with Crippen LogP contribution >= 0.6 is 11.6 Å². The van der Waals surface area contributed by atoms with Crippen LogP contribution in [0.25, 0.3) is 0 Å². The molecule has 0 atom stereocenters. The SMILES string of the molecule is COc1ccc(C(=O)N(CCC(C)C)Cc2nc(C)c(C)n2Cc2ccccc2C)c(Cl)c1OC. The van der Waals surface area contributed by atoms with E-state index in [1.807, 2.05) is 17.9 Å². The quantitative estimate of drug-likeness (QED) is 0.334. The van der Waals surface area contributed by atoms with Crippen molar-refractivity contribution in [3.05, 3.63) is 75.3 Å². The van der Waals surface area contributed by atoms with Crippen LogP contribution < -0.4 is 9.47 Å². The number of benzene rings is 2. The molecule has 0 saturated heterocycles. The van der Waals surface area contributed by atoms with Crippen molar-refractivity contribution >= 4 is 17.5 Å². The number of amides is 1. The zero-order valence-electron chi connectivity index (χ0n) is 21.8. The molecule has 6 nitrogen and oxygen atoms in total. The van der Waals surface area contributed by atoms with E-state index in [-0.39, 0.29) is 10.9 Å². The van der Waals surface area contributed by atoms with E-state index in [2.05, 4.69) is 50.5 Å². The Labute approximate surface area is 213 Å². The number of aryl methyl sites for hydroxylation is 2. The molecule has 0 aliphatic carbocycles. The van der Waals surface area contributed by atoms with Crippen LogP contribution in [0, 0.1) is 26.7 Å². The number of hydrogen-bond donors (Lipinski definition) is 0. The lowest BCUT2D eigenvalue weighted by Crippen LogP contribution is -2.33. The summed E-state index contributed by atoms with van der Waals surface area (Å²) in [6, 6.07) is 11.8. The number of carbonyl (C=O) groups is 1. The zero-order valence-corrected chi connectivity index (χ0v) is 22.6. The van der Waals surface area contributed by atoms with E-state index in [1.165, 1.54) is 18.2 Å². The lowest BCUT2D eigenvalue weighted by molar-refractivity contribution is 0.0729. The normalized spacial score (nSPS) is 11.1. The van der Waals surface area contributed by atoms with E-state index >= 15 is 0 Å². The minimum atomic E-state index is -0.155. The molecule has 0 unspecified atom stereocenters. The standard InChI is InChI=1S/C28H36ClN3O3/c1-18(2)14-15-31(28(33)23-12-13-24(34-6)27(35-7)26(23)29)17-25-30-20(4)21(5)32(25)16-22-11-9-8-10-19(22)3/h8-13,18H,14-17H2,1-7H3. The van der Waals surface area contributed by atoms with Gasteiger partial charge in [0, 0.05) is 18.8 Å². The number of methoxy groups -OCH3 is 2. The number of rotatable bonds is 10. The van der Waals surface area contributed by atoms with Crippen molar-refractivity contribution in [1.82, 2.24) is 14.5 Å². The molecule has 1 aromatic heterocycles. The van der Waals surface area contributed by atoms with E-state index in [9.17, 15) is 4.79 Å². The molecule has 0 bridgehead atoms. The lowest BCUT2D eigenvalue weighted by atomic mass is 10.1. The number of carbonyl (C=O) groups excluding carboxylic acids is 1. The Hall–Kier alpha value is -2.99. The van der Waals surface area contributed by atoms with Crippen LogP contribution in [0.4, 0.5) is 0 Å². The fourth-order valence-corrected chi connectivity index (χ4v) is 4.39. The van der Waals surface area contributed by atoms with Gasteiger partial charge in [-0.3, -0.25) is 4.79 Å². The summed E-state index contributed by atoms with van der Waals surface area (Å²) in [5.74, 6) is 2.00. The molecule has 0 aliphatic rings. The van der Waals surface area contributed by atoms with E-state index < -0.39 is 0 Å². The lowest BCUT2D eigenvalue weighted by Gasteiger charge is -2.25. The van der Waals surface area contributed by atoms with Crippen LogP contribution in [0.2, 0.25) is 5.02 Å². The molecule has 2 aromatic carbocycles. The van der Waals surface area contributed by atoms with Gasteiger partial charge in [-0.15, -0.1) is 0 Å². The van der Waals surface area contributed by atoms with E-state index in [4.69, 9.17) is 26.1 Å². The second-order valence-electron chi connectivity index (χ2n) is 9.28. The van der Waals surface area contributed by atoms with Crippen LogP contribution in [0.1, 0.15) is 59.0 Å². The summed E-state index contributed by atoms with van der Waals surface area (Å²) in [7, 11) is 3.06. The summed E-state index contributed by atoms with van der Waals surface area (Å²) in [5, 5.41) is 0.252. The van der Waals surface area contributed by atoms with Crippen molar-refractivity contribution in [1.29, 1.82) is 0 Å². The predicted molar refractivity (Wildman–Crippen MR) is 141 cm³/mol. The highest BCUT2D eigenvalue weighted by Gasteiger charge is 2.25. The van der Waals surface area contributed by atoms with E-state index in [0.717, 1.165) is 23.6 Å². The Kier molecular flexibility index (Phi) is 8.84. The predicted octanol–water partition coefficient (Wildman–Crippen LogP) is 6.22. The summed E-state index contributed by atoms with van der Waals surface area (Å²) >= 11 is 6.61. The molecule has 0 radical (unpaired) electrons. The largest absolute Gasteiger partial charge is 0.493 e. The summed E-state index contributed by atoms with van der Waals surface area (Å²) < 4.78 is 13.0. The maximum Gasteiger partial charge on any atom is 0.255 e. The number of nitrogens with zero attached hydrogens (tertiary/aromatic N) is 3. The minimum absolute atomic E-state index is 0.155. The zero-order chi connectivity index (χ0) is 25.7. The molecular weight excluding hydrogens is 462 g/mol. The van der Waals surface area contributed by atoms with Gasteiger partial charge in [0.2, 0.25) is 0 Å². The van der Waals surface area contributed by atoms with Gasteiger partial charge in [0.1, 0.15) is 5.82 Å². The Morgan fingerprint density at radius 2 is 1.80 bits per heavy atom. The molecule has 188 valence electrons. The van der Waals surface area contributed by atoms with Crippen molar-refractivity contribution in [2.24, 2.45) is 5.92 Å². The molecule has 3 aromatic rings. The van der Waals surface area contributed by atoms with Gasteiger partial charge in [-0.1, -0.05) is 49.7 Å². The average molecular weight is 498 g/mol. The first-order valence-corrected chi connectivity index (χ1v) is 12.3. The molecule has 7 heteroatoms. The molecule has 3 rings (SSSR count). The van der Waals surface area contributed by atoms with Crippen molar-refractivity contribution in [2.45, 2.75) is 54.1 Å². The minimum Gasteiger partial charge on any atom is -0.493 e. The number of aromatic nitrogens is 2. The monoisotopic (exact) mass is 497 g/mol. The maximum atomic E-state index is 13.8. The molecule has 35 heavy (non-hydrogen) atoms. The second kappa shape index (κ2) is 11.6. The van der Waals surface area contributed by atoms with Gasteiger partial charge in [0.05, 0.1) is 37.0 Å². The molecule has 0 fully saturated rings. The number of imidazole rings is 1. The number of hydrogen-bond acceptors (Lipinski definition) is 4. The highest BCUT2D eigenvalue weighted by atomic mass is 35.5. The van der Waals surface area contributed by atoms with E-state index in [1.54, 1.807) is 19.2 Å². The fraction of sp³-hybridized carbons (Fsp3) is 0.429. The average Bonchev–Trinajstić information content (AvgIpc) is 3.09. The van der Waals surface area contributed by atoms with Crippen LogP contribution in [0.3, 0.4) is 0 Å². The summed E-state index contributed by atoms with van der Waals surface area (Å²) in [6.45, 7) is 12.2. The molecule has 0 saturated carbocycles. The highest BCUT2D eigenvalue weighted by molar-refractivity contribution is 6.35.